The molecule has 13 aliphatic carbocycles. The van der Waals surface area contributed by atoms with Crippen LogP contribution in [-0.4, -0.2) is 104 Å². The van der Waals surface area contributed by atoms with Gasteiger partial charge in [-0.05, 0) is 216 Å². The highest BCUT2D eigenvalue weighted by atomic mass is 33.1. The van der Waals surface area contributed by atoms with Crippen LogP contribution in [0.3, 0.4) is 0 Å². The van der Waals surface area contributed by atoms with Crippen molar-refractivity contribution >= 4 is 33.8 Å². The molecule has 10 nitrogen and oxygen atoms in total. The van der Waals surface area contributed by atoms with Crippen molar-refractivity contribution in [2.75, 3.05) is 18.6 Å². The lowest BCUT2D eigenvalue weighted by Crippen LogP contribution is -2.88. The van der Waals surface area contributed by atoms with Gasteiger partial charge in [-0.15, -0.1) is 5.92 Å². The molecule has 0 aromatic heterocycles. The Morgan fingerprint density at radius 3 is 2.43 bits per heavy atom. The summed E-state index contributed by atoms with van der Waals surface area (Å²) < 4.78 is 14.6. The maximum Gasteiger partial charge on any atom is 0.331 e. The zero-order chi connectivity index (χ0) is 58.5. The van der Waals surface area contributed by atoms with E-state index in [1.807, 2.05) is 40.8 Å². The van der Waals surface area contributed by atoms with Gasteiger partial charge in [0.1, 0.15) is 23.6 Å². The minimum Gasteiger partial charge on any atom is -0.454 e. The molecule has 0 amide bonds. The van der Waals surface area contributed by atoms with Gasteiger partial charge in [0, 0.05) is 81.4 Å². The van der Waals surface area contributed by atoms with Crippen LogP contribution in [0.2, 0.25) is 0 Å². The number of rotatable bonds is 4. The van der Waals surface area contributed by atoms with Crippen molar-refractivity contribution < 1.29 is 44.6 Å². The first-order valence-electron chi connectivity index (χ1n) is 34.3. The maximum absolute atomic E-state index is 16.3. The molecule has 18 rings (SSSR count). The third-order valence-corrected chi connectivity index (χ3v) is 32.0. The molecule has 27 atom stereocenters. The Bertz CT molecular complexity index is 3250. The third kappa shape index (κ3) is 7.41. The number of carbonyl (C=O) groups excluding carboxylic acids is 2. The smallest absolute Gasteiger partial charge is 0.331 e. The van der Waals surface area contributed by atoms with Gasteiger partial charge < -0.3 is 45.1 Å². The van der Waals surface area contributed by atoms with E-state index in [1.165, 1.54) is 18.4 Å². The van der Waals surface area contributed by atoms with Crippen molar-refractivity contribution in [3.05, 3.63) is 82.4 Å². The quantitative estimate of drug-likeness (QED) is 0.0744. The summed E-state index contributed by atoms with van der Waals surface area (Å²) in [7, 11) is 5.99. The van der Waals surface area contributed by atoms with Gasteiger partial charge in [0.25, 0.3) is 0 Å². The molecular formula is C74H91NO9S2. The predicted octanol–water partition coefficient (Wildman–Crippen LogP) is 10.4. The van der Waals surface area contributed by atoms with E-state index in [2.05, 4.69) is 72.3 Å². The van der Waals surface area contributed by atoms with E-state index in [0.29, 0.717) is 75.0 Å². The summed E-state index contributed by atoms with van der Waals surface area (Å²) in [4.78, 5) is 30.6. The first-order valence-corrected chi connectivity index (χ1v) is 36.8. The van der Waals surface area contributed by atoms with Gasteiger partial charge >= 0.3 is 5.97 Å². The zero-order valence-corrected chi connectivity index (χ0v) is 52.2. The third-order valence-electron chi connectivity index (χ3n) is 29.4. The van der Waals surface area contributed by atoms with Crippen molar-refractivity contribution in [2.24, 2.45) is 110 Å². The van der Waals surface area contributed by atoms with Gasteiger partial charge in [-0.3, -0.25) is 0 Å². The largest absolute Gasteiger partial charge is 0.454 e. The van der Waals surface area contributed by atoms with E-state index in [-0.39, 0.29) is 72.7 Å². The molecule has 3 aliphatic heterocycles. The van der Waals surface area contributed by atoms with E-state index in [4.69, 9.17) is 9.47 Å². The normalized spacial score (nSPS) is 52.0. The minimum absolute atomic E-state index is 0.0134. The minimum atomic E-state index is -2.33. The highest BCUT2D eigenvalue weighted by molar-refractivity contribution is 8.76. The van der Waals surface area contributed by atoms with E-state index >= 15 is 20.1 Å². The molecule has 16 aliphatic rings. The van der Waals surface area contributed by atoms with Gasteiger partial charge in [-0.2, -0.15) is 0 Å². The molecule has 10 saturated carbocycles. The van der Waals surface area contributed by atoms with Crippen LogP contribution >= 0.6 is 21.6 Å². The number of nitrogens with one attached hydrogen (secondary N) is 1. The Kier molecular flexibility index (Phi) is 13.3. The molecule has 2 aromatic rings. The average Bonchev–Trinajstić information content (AvgIpc) is 1.10. The molecular weight excluding hydrogens is 1110 g/mol. The lowest BCUT2D eigenvalue weighted by atomic mass is 9.30. The molecule has 15 bridgehead atoms. The second-order valence-electron chi connectivity index (χ2n) is 31.9. The van der Waals surface area contributed by atoms with Crippen LogP contribution in [0.25, 0.3) is 0 Å². The number of aldehydes is 1. The summed E-state index contributed by atoms with van der Waals surface area (Å²) in [6.45, 7) is 2.31. The Morgan fingerprint density at radius 1 is 0.814 bits per heavy atom. The van der Waals surface area contributed by atoms with E-state index in [9.17, 15) is 15.0 Å². The Labute approximate surface area is 517 Å². The highest BCUT2D eigenvalue weighted by Crippen LogP contribution is 2.83. The number of hydrogen-bond donors (Lipinski definition) is 6. The standard InChI is InChI=1S/C74H91NO9S2/c1-41-45-17-16-42(26-45)36-85-86-37-51-29-50-30-55-53-15-9-13-47-33-69-38-68(23-6-7-24-68)25-22-44-12-8-14-48(35-76)54(44)31-61(75-2)56-27-49(63(69)57-32-62(78)84-64(56)57)34-72(69,80)74(82)65(47)70(40-77)39-71(50,58(55)21-19-52(53)43-10-4-3-5-11-43)67(83-51)59-20-18-46(41)28-60(66(74)79)73(59,70)81/h3-5,8,10-12,14,32,40-42,45-47,49-53,55-56,58-61,63-67,75-76,79-82H,6-7,15-21,23-24,26-31,33-39H2,1-2H3/t41-,42+,45-,46+,47+,49-,50-,51+,52+,53+,55+,56+,58+,59+,60-,61-,63+,64+,65+,66-,67+,69-,70-,71-,72+,73+,74+/m0/s1. The molecule has 3 heterocycles. The summed E-state index contributed by atoms with van der Waals surface area (Å²) in [6, 6.07) is 17.0. The van der Waals surface area contributed by atoms with Crippen molar-refractivity contribution in [3.63, 3.8) is 0 Å². The number of esters is 1. The topological polar surface area (TPSA) is 166 Å². The Hall–Kier alpha value is -3.14. The molecule has 3 spiro atoms. The Morgan fingerprint density at radius 2 is 1.62 bits per heavy atom. The molecule has 2 aromatic carbocycles. The zero-order valence-electron chi connectivity index (χ0n) is 50.6. The number of ether oxygens (including phenoxy) is 2. The van der Waals surface area contributed by atoms with Gasteiger partial charge in [-0.1, -0.05) is 102 Å². The fourth-order valence-electron chi connectivity index (χ4n) is 26.4. The van der Waals surface area contributed by atoms with E-state index in [1.54, 1.807) is 6.08 Å². The van der Waals surface area contributed by atoms with Crippen molar-refractivity contribution in [2.45, 2.75) is 202 Å². The highest BCUT2D eigenvalue weighted by Gasteiger charge is 2.90. The number of aliphatic hydroxyl groups excluding tert-OH is 2. The first-order chi connectivity index (χ1) is 41.7. The van der Waals surface area contributed by atoms with Gasteiger partial charge in [-0.25, -0.2) is 4.79 Å². The maximum atomic E-state index is 16.3. The first kappa shape index (κ1) is 56.8. The van der Waals surface area contributed by atoms with Crippen LogP contribution < -0.4 is 5.32 Å². The van der Waals surface area contributed by atoms with Crippen LogP contribution in [-0.2, 0) is 32.1 Å². The summed E-state index contributed by atoms with van der Waals surface area (Å²) >= 11 is 0. The van der Waals surface area contributed by atoms with Gasteiger partial charge in [0.05, 0.1) is 35.9 Å². The van der Waals surface area contributed by atoms with Crippen LogP contribution in [0.1, 0.15) is 164 Å². The summed E-state index contributed by atoms with van der Waals surface area (Å²) in [6.07, 6.45) is 16.2. The van der Waals surface area contributed by atoms with Crippen LogP contribution in [0.15, 0.2) is 60.2 Å². The van der Waals surface area contributed by atoms with E-state index < -0.39 is 86.2 Å². The fraction of sp³-hybridized carbons (Fsp3) is 0.730. The molecule has 0 unspecified atom stereocenters. The summed E-state index contributed by atoms with van der Waals surface area (Å²) in [5.41, 5.74) is -5.16. The second kappa shape index (κ2) is 20.2. The molecule has 458 valence electrons. The van der Waals surface area contributed by atoms with Crippen LogP contribution in [0, 0.1) is 134 Å². The van der Waals surface area contributed by atoms with Crippen molar-refractivity contribution in [1.29, 1.82) is 0 Å². The molecule has 0 radical (unpaired) electrons. The molecule has 6 N–H and O–H groups in total. The van der Waals surface area contributed by atoms with Gasteiger partial charge in [0.2, 0.25) is 0 Å². The lowest BCUT2D eigenvalue weighted by Gasteiger charge is -2.77. The lowest BCUT2D eigenvalue weighted by molar-refractivity contribution is -0.400. The van der Waals surface area contributed by atoms with Crippen molar-refractivity contribution in [1.82, 2.24) is 5.32 Å². The van der Waals surface area contributed by atoms with Gasteiger partial charge in [0.15, 0.2) is 0 Å². The van der Waals surface area contributed by atoms with Crippen LogP contribution in [0.5, 0.6) is 0 Å². The number of fused-ring (bicyclic) bond motifs is 7. The fourth-order valence-corrected chi connectivity index (χ4v) is 29.1. The van der Waals surface area contributed by atoms with E-state index in [0.717, 1.165) is 104 Å². The summed E-state index contributed by atoms with van der Waals surface area (Å²) in [5.74, 6) is 16.0. The number of hydrogen-bond acceptors (Lipinski definition) is 12. The SMILES string of the molecule is CN[C@H]1Cc2c(cccc2CO)C#CC2(CCCC2)C[C@]23C[C@H]4C#CC[C@H]5[C@H]6C[C@@H]7C[C@@H]8CSSC[C@@H]9CC[C@@H](C9)[C@H](C)[C@@H]9CC[C@@H]%10[C@@H](O8)[C@]7(C[C@]7(C=O)[C@@H]4[C@@](O)([C@@H](O)[C@H](C9)[C@]%107O)[C@@]2(O)C[C@@H]2C[C@H]1[C@H]1OC(=O)C=C1[C@@H]23)[C@@H]6CC[C@@H]5c1ccccc1. The number of likely N-dealkylation sites (N-methyl/N-ethyl adjacent to an activating group) is 1. The number of aliphatic hydroxyl groups is 5. The molecule has 12 fully saturated rings. The monoisotopic (exact) mass is 1200 g/mol. The average molecular weight is 1200 g/mol. The molecule has 86 heavy (non-hydrogen) atoms. The summed E-state index contributed by atoms with van der Waals surface area (Å²) in [5, 5.41) is 76.4. The van der Waals surface area contributed by atoms with Crippen LogP contribution in [0.4, 0.5) is 0 Å². The number of carbonyl (C=O) groups is 2. The second-order valence-corrected chi connectivity index (χ2v) is 34.4. The molecule has 2 saturated heterocycles. The van der Waals surface area contributed by atoms with Crippen molar-refractivity contribution in [3.8, 4) is 23.7 Å². The Balaban J connectivity index is 0.934. The predicted molar refractivity (Wildman–Crippen MR) is 331 cm³/mol. The molecule has 12 heteroatoms. The number of benzene rings is 2.